The highest BCUT2D eigenvalue weighted by atomic mass is 79.9. The van der Waals surface area contributed by atoms with E-state index in [0.29, 0.717) is 9.08 Å². The Labute approximate surface area is 182 Å². The Hall–Kier alpha value is -2.02. The molecule has 0 aliphatic carbocycles. The molecule has 1 aromatic carbocycles. The number of hydrogen-bond donors (Lipinski definition) is 2. The quantitative estimate of drug-likeness (QED) is 0.275. The van der Waals surface area contributed by atoms with Gasteiger partial charge in [0.15, 0.2) is 5.92 Å². The summed E-state index contributed by atoms with van der Waals surface area (Å²) in [5, 5.41) is 18.1. The van der Waals surface area contributed by atoms with Crippen molar-refractivity contribution in [1.82, 2.24) is 4.57 Å². The van der Waals surface area contributed by atoms with Gasteiger partial charge in [0.1, 0.15) is 4.90 Å². The van der Waals surface area contributed by atoms with E-state index in [0.717, 1.165) is 7.11 Å². The first-order chi connectivity index (χ1) is 13.5. The van der Waals surface area contributed by atoms with Gasteiger partial charge in [-0.25, -0.2) is 0 Å². The number of benzene rings is 1. The van der Waals surface area contributed by atoms with Crippen molar-refractivity contribution in [2.45, 2.75) is 17.9 Å². The predicted molar refractivity (Wildman–Crippen MR) is 107 cm³/mol. The van der Waals surface area contributed by atoms with E-state index < -0.39 is 33.8 Å². The molecule has 1 heterocycles. The van der Waals surface area contributed by atoms with Gasteiger partial charge in [0.25, 0.3) is 10.1 Å². The van der Waals surface area contributed by atoms with Crippen LogP contribution in [0.4, 0.5) is 0 Å². The maximum atomic E-state index is 13.1. The van der Waals surface area contributed by atoms with Crippen molar-refractivity contribution in [3.05, 3.63) is 50.7 Å². The van der Waals surface area contributed by atoms with Crippen molar-refractivity contribution in [3.8, 4) is 0 Å². The summed E-state index contributed by atoms with van der Waals surface area (Å²) in [6, 6.07) is 6.92. The van der Waals surface area contributed by atoms with Crippen LogP contribution in [0.5, 0.6) is 0 Å². The minimum Gasteiger partial charge on any atom is -0.481 e. The van der Waals surface area contributed by atoms with Crippen LogP contribution in [0.25, 0.3) is 0 Å². The van der Waals surface area contributed by atoms with Crippen LogP contribution in [0.1, 0.15) is 22.5 Å². The Morgan fingerprint density at radius 2 is 1.72 bits per heavy atom. The number of ketones is 1. The Balaban J connectivity index is 2.50. The monoisotopic (exact) mass is 551 g/mol. The molecular weight excluding hydrogens is 538 g/mol. The number of carbonyl (C=O) groups is 3. The SMILES string of the molecule is COS(=O)(=O)c1ccccc1C(=O)c1cc(Br)c(Br)n1CCC(C(=O)O)C(=O)O. The standard InChI is InChI=1S/C17H15Br2NO8S/c1-28-29(26,27)13-5-3-2-4-9(13)14(21)12-8-11(18)15(19)20(12)7-6-10(16(22)23)17(24)25/h2-5,8,10H,6-7H2,1H3,(H,22,23)(H,24,25). The van der Waals surface area contributed by atoms with Gasteiger partial charge in [0.05, 0.1) is 21.9 Å². The molecule has 2 N–H and O–H groups in total. The Morgan fingerprint density at radius 1 is 1.14 bits per heavy atom. The molecule has 0 amide bonds. The largest absolute Gasteiger partial charge is 0.481 e. The Morgan fingerprint density at radius 3 is 2.28 bits per heavy atom. The van der Waals surface area contributed by atoms with Crippen LogP contribution in [0.2, 0.25) is 0 Å². The number of carbonyl (C=O) groups excluding carboxylic acids is 1. The molecule has 156 valence electrons. The molecule has 29 heavy (non-hydrogen) atoms. The van der Waals surface area contributed by atoms with Gasteiger partial charge < -0.3 is 14.8 Å². The lowest BCUT2D eigenvalue weighted by Crippen LogP contribution is -2.25. The summed E-state index contributed by atoms with van der Waals surface area (Å²) in [4.78, 5) is 35.0. The average Bonchev–Trinajstić information content (AvgIpc) is 2.95. The van der Waals surface area contributed by atoms with Crippen LogP contribution in [-0.2, 0) is 30.4 Å². The molecule has 0 spiro atoms. The van der Waals surface area contributed by atoms with Crippen LogP contribution in [0.15, 0.2) is 44.3 Å². The fourth-order valence-electron chi connectivity index (χ4n) is 2.61. The fraction of sp³-hybridized carbons (Fsp3) is 0.235. The number of carboxylic acids is 2. The minimum absolute atomic E-state index is 0.0389. The van der Waals surface area contributed by atoms with Gasteiger partial charge in [-0.15, -0.1) is 0 Å². The maximum Gasteiger partial charge on any atom is 0.317 e. The van der Waals surface area contributed by atoms with Crippen molar-refractivity contribution < 1.29 is 37.2 Å². The van der Waals surface area contributed by atoms with E-state index >= 15 is 0 Å². The lowest BCUT2D eigenvalue weighted by atomic mass is 10.1. The van der Waals surface area contributed by atoms with Crippen LogP contribution in [0.3, 0.4) is 0 Å². The number of halogens is 2. The number of carboxylic acid groups (broad SMARTS) is 2. The lowest BCUT2D eigenvalue weighted by molar-refractivity contribution is -0.154. The highest BCUT2D eigenvalue weighted by Crippen LogP contribution is 2.31. The Bertz CT molecular complexity index is 1060. The van der Waals surface area contributed by atoms with E-state index in [1.54, 1.807) is 0 Å². The van der Waals surface area contributed by atoms with Gasteiger partial charge in [-0.3, -0.25) is 18.6 Å². The van der Waals surface area contributed by atoms with E-state index in [2.05, 4.69) is 36.0 Å². The highest BCUT2D eigenvalue weighted by molar-refractivity contribution is 9.13. The van der Waals surface area contributed by atoms with Gasteiger partial charge in [0.2, 0.25) is 5.78 Å². The molecule has 0 radical (unpaired) electrons. The lowest BCUT2D eigenvalue weighted by Gasteiger charge is -2.14. The zero-order valence-electron chi connectivity index (χ0n) is 14.8. The van der Waals surface area contributed by atoms with Gasteiger partial charge in [-0.2, -0.15) is 8.42 Å². The maximum absolute atomic E-state index is 13.1. The molecule has 12 heteroatoms. The number of rotatable bonds is 9. The molecule has 0 aliphatic rings. The second kappa shape index (κ2) is 9.20. The molecule has 0 unspecified atom stereocenters. The van der Waals surface area contributed by atoms with E-state index in [1.807, 2.05) is 0 Å². The van der Waals surface area contributed by atoms with E-state index in [-0.39, 0.29) is 29.1 Å². The van der Waals surface area contributed by atoms with Gasteiger partial charge >= 0.3 is 11.9 Å². The van der Waals surface area contributed by atoms with E-state index in [9.17, 15) is 22.8 Å². The van der Waals surface area contributed by atoms with Crippen molar-refractivity contribution in [2.24, 2.45) is 5.92 Å². The molecule has 0 fully saturated rings. The zero-order valence-corrected chi connectivity index (χ0v) is 18.8. The summed E-state index contributed by atoms with van der Waals surface area (Å²) in [5.41, 5.74) is -0.0989. The normalized spacial score (nSPS) is 11.6. The summed E-state index contributed by atoms with van der Waals surface area (Å²) in [6.45, 7) is -0.115. The molecule has 0 atom stereocenters. The molecule has 1 aromatic heterocycles. The molecular formula is C17H15Br2NO8S. The highest BCUT2D eigenvalue weighted by Gasteiger charge is 2.29. The van der Waals surface area contributed by atoms with Crippen molar-refractivity contribution in [3.63, 3.8) is 0 Å². The predicted octanol–water partition coefficient (Wildman–Crippen LogP) is 2.75. The first-order valence-electron chi connectivity index (χ1n) is 7.95. The van der Waals surface area contributed by atoms with Crippen molar-refractivity contribution in [1.29, 1.82) is 0 Å². The smallest absolute Gasteiger partial charge is 0.317 e. The molecule has 2 aromatic rings. The second-order valence-corrected chi connectivity index (χ2v) is 9.07. The summed E-state index contributed by atoms with van der Waals surface area (Å²) in [6.07, 6.45) is -0.289. The first-order valence-corrected chi connectivity index (χ1v) is 10.9. The molecule has 0 bridgehead atoms. The molecule has 0 aliphatic heterocycles. The molecule has 9 nitrogen and oxygen atoms in total. The van der Waals surface area contributed by atoms with Gasteiger partial charge in [0, 0.05) is 12.1 Å². The number of hydrogen-bond acceptors (Lipinski definition) is 6. The summed E-state index contributed by atoms with van der Waals surface area (Å²) in [5.74, 6) is -5.31. The topological polar surface area (TPSA) is 140 Å². The van der Waals surface area contributed by atoms with Crippen molar-refractivity contribution in [2.75, 3.05) is 7.11 Å². The van der Waals surface area contributed by atoms with E-state index in [1.165, 1.54) is 34.9 Å². The Kier molecular flexibility index (Phi) is 7.38. The molecule has 2 rings (SSSR count). The number of aliphatic carboxylic acids is 2. The zero-order chi connectivity index (χ0) is 21.9. The number of aromatic nitrogens is 1. The van der Waals surface area contributed by atoms with Crippen LogP contribution in [0, 0.1) is 5.92 Å². The van der Waals surface area contributed by atoms with Crippen LogP contribution < -0.4 is 0 Å². The minimum atomic E-state index is -4.16. The van der Waals surface area contributed by atoms with Gasteiger partial charge in [-0.05, 0) is 56.5 Å². The summed E-state index contributed by atoms with van der Waals surface area (Å²) >= 11 is 6.51. The third-order valence-corrected chi connectivity index (χ3v) is 7.40. The third-order valence-electron chi connectivity index (χ3n) is 4.08. The third kappa shape index (κ3) is 4.94. The summed E-state index contributed by atoms with van der Waals surface area (Å²) in [7, 11) is -3.18. The average molecular weight is 553 g/mol. The van der Waals surface area contributed by atoms with Crippen LogP contribution >= 0.6 is 31.9 Å². The molecule has 0 saturated heterocycles. The second-order valence-electron chi connectivity index (χ2n) is 5.78. The van der Waals surface area contributed by atoms with E-state index in [4.69, 9.17) is 10.2 Å². The molecule has 0 saturated carbocycles. The fourth-order valence-corrected chi connectivity index (χ4v) is 4.38. The van der Waals surface area contributed by atoms with Crippen molar-refractivity contribution >= 4 is 59.7 Å². The summed E-state index contributed by atoms with van der Waals surface area (Å²) < 4.78 is 31.0. The van der Waals surface area contributed by atoms with Crippen LogP contribution in [-0.4, -0.2) is 48.0 Å². The number of nitrogens with zero attached hydrogens (tertiary/aromatic N) is 1. The van der Waals surface area contributed by atoms with Gasteiger partial charge in [-0.1, -0.05) is 12.1 Å². The first kappa shape index (κ1) is 23.3.